The third-order valence-corrected chi connectivity index (χ3v) is 2.63. The van der Waals surface area contributed by atoms with Crippen LogP contribution in [0.15, 0.2) is 0 Å². The number of hydrogen-bond donors (Lipinski definition) is 2. The zero-order chi connectivity index (χ0) is 11.9. The first kappa shape index (κ1) is 14.9. The van der Waals surface area contributed by atoms with Crippen molar-refractivity contribution in [2.75, 3.05) is 26.3 Å². The summed E-state index contributed by atoms with van der Waals surface area (Å²) in [5, 5.41) is 0. The van der Waals surface area contributed by atoms with Gasteiger partial charge in [-0.15, -0.1) is 0 Å². The summed E-state index contributed by atoms with van der Waals surface area (Å²) in [5.41, 5.74) is 11.5. The molecular weight excluding hydrogens is 188 g/mol. The fourth-order valence-corrected chi connectivity index (χ4v) is 1.53. The van der Waals surface area contributed by atoms with Gasteiger partial charge >= 0.3 is 0 Å². The van der Waals surface area contributed by atoms with Crippen LogP contribution in [0.2, 0.25) is 0 Å². The normalized spacial score (nSPS) is 13.2. The Bertz CT molecular complexity index is 149. The van der Waals surface area contributed by atoms with Crippen molar-refractivity contribution in [2.45, 2.75) is 40.5 Å². The Balaban J connectivity index is 3.77. The maximum atomic E-state index is 5.76. The number of hydrogen-bond acceptors (Lipinski definition) is 3. The molecule has 0 saturated heterocycles. The van der Waals surface area contributed by atoms with Gasteiger partial charge in [-0.05, 0) is 36.8 Å². The van der Waals surface area contributed by atoms with Crippen LogP contribution in [0.4, 0.5) is 0 Å². The van der Waals surface area contributed by atoms with E-state index in [2.05, 4.69) is 27.7 Å². The summed E-state index contributed by atoms with van der Waals surface area (Å²) in [6.07, 6.45) is 2.01. The smallest absolute Gasteiger partial charge is 0.0517 e. The van der Waals surface area contributed by atoms with Gasteiger partial charge in [0.25, 0.3) is 0 Å². The van der Waals surface area contributed by atoms with Crippen molar-refractivity contribution >= 4 is 0 Å². The second-order valence-corrected chi connectivity index (χ2v) is 5.90. The first-order chi connectivity index (χ1) is 6.83. The molecule has 0 rings (SSSR count). The second kappa shape index (κ2) is 6.46. The minimum Gasteiger partial charge on any atom is -0.380 e. The Morgan fingerprint density at radius 2 is 1.13 bits per heavy atom. The molecule has 0 saturated carbocycles. The maximum Gasteiger partial charge on any atom is 0.0517 e. The highest BCUT2D eigenvalue weighted by Crippen LogP contribution is 2.23. The third kappa shape index (κ3) is 7.77. The molecule has 0 aliphatic carbocycles. The van der Waals surface area contributed by atoms with Crippen LogP contribution < -0.4 is 11.5 Å². The summed E-state index contributed by atoms with van der Waals surface area (Å²) in [6.45, 7) is 11.8. The van der Waals surface area contributed by atoms with Crippen LogP contribution in [-0.4, -0.2) is 26.3 Å². The molecule has 0 heterocycles. The quantitative estimate of drug-likeness (QED) is 0.650. The predicted octanol–water partition coefficient (Wildman–Crippen LogP) is 1.75. The van der Waals surface area contributed by atoms with Crippen molar-refractivity contribution in [1.29, 1.82) is 0 Å². The molecule has 92 valence electrons. The Morgan fingerprint density at radius 3 is 1.40 bits per heavy atom. The summed E-state index contributed by atoms with van der Waals surface area (Å²) < 4.78 is 5.76. The van der Waals surface area contributed by atoms with Crippen molar-refractivity contribution in [3.8, 4) is 0 Å². The minimum absolute atomic E-state index is 0.188. The van der Waals surface area contributed by atoms with Crippen LogP contribution in [0, 0.1) is 10.8 Å². The van der Waals surface area contributed by atoms with Gasteiger partial charge in [-0.1, -0.05) is 27.7 Å². The Kier molecular flexibility index (Phi) is 6.41. The molecule has 3 nitrogen and oxygen atoms in total. The molecule has 0 radical (unpaired) electrons. The minimum atomic E-state index is 0.188. The predicted molar refractivity (Wildman–Crippen MR) is 65.7 cm³/mol. The highest BCUT2D eigenvalue weighted by molar-refractivity contribution is 4.71. The number of ether oxygens (including phenoxy) is 1. The molecule has 0 aliphatic rings. The zero-order valence-electron chi connectivity index (χ0n) is 10.8. The average molecular weight is 216 g/mol. The van der Waals surface area contributed by atoms with Crippen molar-refractivity contribution in [3.05, 3.63) is 0 Å². The van der Waals surface area contributed by atoms with E-state index in [-0.39, 0.29) is 10.8 Å². The molecular formula is C12H28N2O. The third-order valence-electron chi connectivity index (χ3n) is 2.63. The zero-order valence-corrected chi connectivity index (χ0v) is 10.8. The Hall–Kier alpha value is -0.120. The molecule has 0 unspecified atom stereocenters. The fraction of sp³-hybridized carbons (Fsp3) is 1.00. The van der Waals surface area contributed by atoms with E-state index in [1.165, 1.54) is 0 Å². The molecule has 0 bridgehead atoms. The summed E-state index contributed by atoms with van der Waals surface area (Å²) >= 11 is 0. The van der Waals surface area contributed by atoms with Crippen LogP contribution in [-0.2, 0) is 4.74 Å². The van der Waals surface area contributed by atoms with Crippen LogP contribution in [0.5, 0.6) is 0 Å². The van der Waals surface area contributed by atoms with Gasteiger partial charge in [0.2, 0.25) is 0 Å². The van der Waals surface area contributed by atoms with E-state index in [4.69, 9.17) is 16.2 Å². The van der Waals surface area contributed by atoms with Gasteiger partial charge in [0.1, 0.15) is 0 Å². The van der Waals surface area contributed by atoms with Crippen LogP contribution in [0.1, 0.15) is 40.5 Å². The highest BCUT2D eigenvalue weighted by Gasteiger charge is 2.21. The van der Waals surface area contributed by atoms with E-state index < -0.39 is 0 Å². The fourth-order valence-electron chi connectivity index (χ4n) is 1.53. The van der Waals surface area contributed by atoms with Crippen LogP contribution >= 0.6 is 0 Å². The average Bonchev–Trinajstić information content (AvgIpc) is 2.02. The highest BCUT2D eigenvalue weighted by atomic mass is 16.5. The summed E-state index contributed by atoms with van der Waals surface area (Å²) in [6, 6.07) is 0. The van der Waals surface area contributed by atoms with Gasteiger partial charge in [0.15, 0.2) is 0 Å². The molecule has 0 fully saturated rings. The lowest BCUT2D eigenvalue weighted by molar-refractivity contribution is 0.0113. The second-order valence-electron chi connectivity index (χ2n) is 5.90. The van der Waals surface area contributed by atoms with Gasteiger partial charge in [-0.2, -0.15) is 0 Å². The van der Waals surface area contributed by atoms with E-state index in [1.807, 2.05) is 0 Å². The molecule has 15 heavy (non-hydrogen) atoms. The Labute approximate surface area is 94.5 Å². The van der Waals surface area contributed by atoms with Crippen molar-refractivity contribution in [3.63, 3.8) is 0 Å². The molecule has 0 aromatic rings. The van der Waals surface area contributed by atoms with Gasteiger partial charge in [0, 0.05) is 0 Å². The summed E-state index contributed by atoms with van der Waals surface area (Å²) in [4.78, 5) is 0. The molecule has 0 aromatic heterocycles. The van der Waals surface area contributed by atoms with E-state index >= 15 is 0 Å². The van der Waals surface area contributed by atoms with Gasteiger partial charge in [-0.3, -0.25) is 0 Å². The first-order valence-corrected chi connectivity index (χ1v) is 5.81. The maximum absolute atomic E-state index is 5.76. The summed E-state index contributed by atoms with van der Waals surface area (Å²) in [7, 11) is 0. The topological polar surface area (TPSA) is 61.3 Å². The van der Waals surface area contributed by atoms with Crippen molar-refractivity contribution in [1.82, 2.24) is 0 Å². The molecule has 3 heteroatoms. The molecule has 0 aromatic carbocycles. The number of rotatable bonds is 8. The van der Waals surface area contributed by atoms with Crippen LogP contribution in [0.25, 0.3) is 0 Å². The first-order valence-electron chi connectivity index (χ1n) is 5.81. The van der Waals surface area contributed by atoms with Crippen molar-refractivity contribution < 1.29 is 4.74 Å². The van der Waals surface area contributed by atoms with E-state index in [9.17, 15) is 0 Å². The Morgan fingerprint density at radius 1 is 0.800 bits per heavy atom. The standard InChI is InChI=1S/C12H28N2O/c1-11(2,5-7-13)9-15-10-12(3,4)6-8-14/h5-10,13-14H2,1-4H3. The van der Waals surface area contributed by atoms with Crippen molar-refractivity contribution in [2.24, 2.45) is 22.3 Å². The van der Waals surface area contributed by atoms with E-state index in [0.29, 0.717) is 0 Å². The van der Waals surface area contributed by atoms with Crippen LogP contribution in [0.3, 0.4) is 0 Å². The molecule has 4 N–H and O–H groups in total. The lowest BCUT2D eigenvalue weighted by Crippen LogP contribution is -2.28. The largest absolute Gasteiger partial charge is 0.380 e. The molecule has 0 spiro atoms. The van der Waals surface area contributed by atoms with E-state index in [1.54, 1.807) is 0 Å². The lowest BCUT2D eigenvalue weighted by Gasteiger charge is -2.28. The lowest BCUT2D eigenvalue weighted by atomic mass is 9.89. The number of nitrogens with two attached hydrogens (primary N) is 2. The molecule has 0 aliphatic heterocycles. The van der Waals surface area contributed by atoms with Gasteiger partial charge < -0.3 is 16.2 Å². The SMILES string of the molecule is CC(C)(CCN)COCC(C)(C)CCN. The van der Waals surface area contributed by atoms with E-state index in [0.717, 1.165) is 39.1 Å². The molecule has 0 amide bonds. The van der Waals surface area contributed by atoms with Gasteiger partial charge in [-0.25, -0.2) is 0 Å². The molecule has 0 atom stereocenters. The summed E-state index contributed by atoms with van der Waals surface area (Å²) in [5.74, 6) is 0. The monoisotopic (exact) mass is 216 g/mol. The van der Waals surface area contributed by atoms with Gasteiger partial charge in [0.05, 0.1) is 13.2 Å².